The summed E-state index contributed by atoms with van der Waals surface area (Å²) in [6.45, 7) is 2.67. The van der Waals surface area contributed by atoms with Crippen LogP contribution in [0.25, 0.3) is 0 Å². The highest BCUT2D eigenvalue weighted by Crippen LogP contribution is 2.28. The van der Waals surface area contributed by atoms with E-state index in [-0.39, 0.29) is 17.9 Å². The van der Waals surface area contributed by atoms with Gasteiger partial charge in [0.1, 0.15) is 0 Å². The smallest absolute Gasteiger partial charge is 0.251 e. The minimum atomic E-state index is -0.122. The zero-order chi connectivity index (χ0) is 17.1. The van der Waals surface area contributed by atoms with Crippen LogP contribution in [-0.4, -0.2) is 31.4 Å². The van der Waals surface area contributed by atoms with E-state index in [0.29, 0.717) is 24.2 Å². The quantitative estimate of drug-likeness (QED) is 0.897. The zero-order valence-corrected chi connectivity index (χ0v) is 14.7. The topological polar surface area (TPSA) is 61.4 Å². The second-order valence-electron chi connectivity index (χ2n) is 6.11. The Balaban J connectivity index is 1.72. The van der Waals surface area contributed by atoms with Gasteiger partial charge in [0.2, 0.25) is 5.91 Å². The van der Waals surface area contributed by atoms with Gasteiger partial charge in [-0.25, -0.2) is 0 Å². The third-order valence-corrected chi connectivity index (χ3v) is 4.98. The first-order valence-electron chi connectivity index (χ1n) is 8.01. The number of fused-ring (bicyclic) bond motifs is 1. The lowest BCUT2D eigenvalue weighted by Crippen LogP contribution is -2.34. The highest BCUT2D eigenvalue weighted by Gasteiger charge is 2.19. The SMILES string of the molecule is C[C@@H](Cc1cccs1)NC(=O)c1ccc2c(c1)NC(=O)CCN2C. The zero-order valence-electron chi connectivity index (χ0n) is 13.8. The summed E-state index contributed by atoms with van der Waals surface area (Å²) < 4.78 is 0. The Labute approximate surface area is 145 Å². The monoisotopic (exact) mass is 343 g/mol. The molecule has 126 valence electrons. The molecule has 0 unspecified atom stereocenters. The average molecular weight is 343 g/mol. The molecule has 6 heteroatoms. The van der Waals surface area contributed by atoms with Crippen LogP contribution in [0.15, 0.2) is 35.7 Å². The van der Waals surface area contributed by atoms with Gasteiger partial charge >= 0.3 is 0 Å². The van der Waals surface area contributed by atoms with Gasteiger partial charge in [0, 0.05) is 42.9 Å². The van der Waals surface area contributed by atoms with Crippen LogP contribution in [0.5, 0.6) is 0 Å². The molecular weight excluding hydrogens is 322 g/mol. The number of nitrogens with zero attached hydrogens (tertiary/aromatic N) is 1. The van der Waals surface area contributed by atoms with E-state index >= 15 is 0 Å². The number of carbonyl (C=O) groups is 2. The van der Waals surface area contributed by atoms with E-state index in [2.05, 4.69) is 16.7 Å². The maximum atomic E-state index is 12.5. The van der Waals surface area contributed by atoms with Crippen molar-refractivity contribution < 1.29 is 9.59 Å². The van der Waals surface area contributed by atoms with Crippen molar-refractivity contribution in [2.24, 2.45) is 0 Å². The summed E-state index contributed by atoms with van der Waals surface area (Å²) in [6.07, 6.45) is 1.26. The Morgan fingerprint density at radius 2 is 2.25 bits per heavy atom. The van der Waals surface area contributed by atoms with Gasteiger partial charge in [-0.1, -0.05) is 6.07 Å². The van der Waals surface area contributed by atoms with Crippen LogP contribution in [0.4, 0.5) is 11.4 Å². The summed E-state index contributed by atoms with van der Waals surface area (Å²) in [5.41, 5.74) is 2.19. The van der Waals surface area contributed by atoms with Crippen molar-refractivity contribution in [2.75, 3.05) is 23.8 Å². The average Bonchev–Trinajstić information content (AvgIpc) is 3.00. The first-order chi connectivity index (χ1) is 11.5. The van der Waals surface area contributed by atoms with E-state index in [9.17, 15) is 9.59 Å². The van der Waals surface area contributed by atoms with Crippen LogP contribution in [0.2, 0.25) is 0 Å². The van der Waals surface area contributed by atoms with Crippen LogP contribution in [0.3, 0.4) is 0 Å². The predicted molar refractivity (Wildman–Crippen MR) is 97.9 cm³/mol. The molecule has 1 atom stereocenters. The molecule has 3 rings (SSSR count). The molecule has 0 spiro atoms. The Bertz CT molecular complexity index is 743. The number of anilines is 2. The Morgan fingerprint density at radius 1 is 1.42 bits per heavy atom. The number of hydrogen-bond acceptors (Lipinski definition) is 4. The molecular formula is C18H21N3O2S. The molecule has 0 aliphatic carbocycles. The Kier molecular flexibility index (Phi) is 4.85. The maximum absolute atomic E-state index is 12.5. The van der Waals surface area contributed by atoms with E-state index in [1.165, 1.54) is 4.88 Å². The molecule has 2 amide bonds. The highest BCUT2D eigenvalue weighted by atomic mass is 32.1. The summed E-state index contributed by atoms with van der Waals surface area (Å²) >= 11 is 1.69. The predicted octanol–water partition coefficient (Wildman–Crippen LogP) is 2.89. The maximum Gasteiger partial charge on any atom is 0.251 e. The van der Waals surface area contributed by atoms with Crippen molar-refractivity contribution in [1.29, 1.82) is 0 Å². The first kappa shape index (κ1) is 16.5. The van der Waals surface area contributed by atoms with Crippen molar-refractivity contribution in [2.45, 2.75) is 25.8 Å². The number of thiophene rings is 1. The van der Waals surface area contributed by atoms with Crippen LogP contribution in [0, 0.1) is 0 Å². The Hall–Kier alpha value is -2.34. The fraction of sp³-hybridized carbons (Fsp3) is 0.333. The van der Waals surface area contributed by atoms with Crippen molar-refractivity contribution in [3.05, 3.63) is 46.2 Å². The van der Waals surface area contributed by atoms with Gasteiger partial charge in [0.15, 0.2) is 0 Å². The highest BCUT2D eigenvalue weighted by molar-refractivity contribution is 7.09. The van der Waals surface area contributed by atoms with Crippen molar-refractivity contribution >= 4 is 34.5 Å². The second kappa shape index (κ2) is 7.05. The molecule has 1 aliphatic heterocycles. The van der Waals surface area contributed by atoms with Gasteiger partial charge in [-0.05, 0) is 36.6 Å². The standard InChI is InChI=1S/C18H21N3O2S/c1-12(10-14-4-3-9-24-14)19-18(23)13-5-6-16-15(11-13)20-17(22)7-8-21(16)2/h3-6,9,11-12H,7-8,10H2,1-2H3,(H,19,23)(H,20,22)/t12-/m0/s1. The van der Waals surface area contributed by atoms with Crippen LogP contribution >= 0.6 is 11.3 Å². The number of carbonyl (C=O) groups excluding carboxylic acids is 2. The van der Waals surface area contributed by atoms with E-state index in [1.54, 1.807) is 23.5 Å². The Morgan fingerprint density at radius 3 is 3.00 bits per heavy atom. The molecule has 2 N–H and O–H groups in total. The largest absolute Gasteiger partial charge is 0.372 e. The molecule has 0 saturated heterocycles. The molecule has 0 saturated carbocycles. The number of amides is 2. The number of rotatable bonds is 4. The van der Waals surface area contributed by atoms with Crippen molar-refractivity contribution in [3.8, 4) is 0 Å². The van der Waals surface area contributed by atoms with Crippen LogP contribution in [-0.2, 0) is 11.2 Å². The lowest BCUT2D eigenvalue weighted by Gasteiger charge is -2.19. The molecule has 1 aromatic heterocycles. The third kappa shape index (κ3) is 3.76. The van der Waals surface area contributed by atoms with Crippen molar-refractivity contribution in [1.82, 2.24) is 5.32 Å². The minimum absolute atomic E-state index is 0.0239. The van der Waals surface area contributed by atoms with E-state index in [1.807, 2.05) is 36.4 Å². The fourth-order valence-electron chi connectivity index (χ4n) is 2.80. The summed E-state index contributed by atoms with van der Waals surface area (Å²) in [4.78, 5) is 27.5. The van der Waals surface area contributed by atoms with Crippen LogP contribution < -0.4 is 15.5 Å². The number of hydrogen-bond donors (Lipinski definition) is 2. The minimum Gasteiger partial charge on any atom is -0.372 e. The third-order valence-electron chi connectivity index (χ3n) is 4.08. The second-order valence-corrected chi connectivity index (χ2v) is 7.14. The summed E-state index contributed by atoms with van der Waals surface area (Å²) in [5, 5.41) is 7.94. The van der Waals surface area contributed by atoms with Gasteiger partial charge in [-0.15, -0.1) is 11.3 Å². The lowest BCUT2D eigenvalue weighted by molar-refractivity contribution is -0.115. The van der Waals surface area contributed by atoms with Crippen molar-refractivity contribution in [3.63, 3.8) is 0 Å². The van der Waals surface area contributed by atoms with E-state index in [4.69, 9.17) is 0 Å². The molecule has 0 radical (unpaired) electrons. The van der Waals surface area contributed by atoms with Gasteiger partial charge in [-0.3, -0.25) is 9.59 Å². The van der Waals surface area contributed by atoms with Gasteiger partial charge in [-0.2, -0.15) is 0 Å². The number of nitrogens with one attached hydrogen (secondary N) is 2. The number of benzene rings is 1. The summed E-state index contributed by atoms with van der Waals surface area (Å²) in [5.74, 6) is -0.146. The molecule has 24 heavy (non-hydrogen) atoms. The van der Waals surface area contributed by atoms with Gasteiger partial charge in [0.05, 0.1) is 11.4 Å². The molecule has 5 nitrogen and oxygen atoms in total. The molecule has 0 fully saturated rings. The summed E-state index contributed by atoms with van der Waals surface area (Å²) in [7, 11) is 1.95. The molecule has 1 aliphatic rings. The van der Waals surface area contributed by atoms with Gasteiger partial charge in [0.25, 0.3) is 5.91 Å². The fourth-order valence-corrected chi connectivity index (χ4v) is 3.64. The lowest BCUT2D eigenvalue weighted by atomic mass is 10.1. The van der Waals surface area contributed by atoms with E-state index < -0.39 is 0 Å². The van der Waals surface area contributed by atoms with Crippen LogP contribution in [0.1, 0.15) is 28.6 Å². The summed E-state index contributed by atoms with van der Waals surface area (Å²) in [6, 6.07) is 9.58. The normalized spacial score (nSPS) is 15.2. The van der Waals surface area contributed by atoms with E-state index in [0.717, 1.165) is 12.1 Å². The molecule has 1 aromatic carbocycles. The first-order valence-corrected chi connectivity index (χ1v) is 8.89. The van der Waals surface area contributed by atoms with Gasteiger partial charge < -0.3 is 15.5 Å². The molecule has 2 aromatic rings. The molecule has 2 heterocycles. The molecule has 0 bridgehead atoms.